The predicted molar refractivity (Wildman–Crippen MR) is 95.2 cm³/mol. The number of rotatable bonds is 3. The zero-order chi connectivity index (χ0) is 20.0. The Bertz CT molecular complexity index is 1100. The monoisotopic (exact) mass is 395 g/mol. The third kappa shape index (κ3) is 3.60. The number of halogens is 3. The van der Waals surface area contributed by atoms with Crippen LogP contribution in [-0.2, 0) is 23.2 Å². The highest BCUT2D eigenvalue weighted by Crippen LogP contribution is 2.43. The molecule has 0 aliphatic rings. The molecule has 0 radical (unpaired) electrons. The summed E-state index contributed by atoms with van der Waals surface area (Å²) in [5.41, 5.74) is 0.613. The van der Waals surface area contributed by atoms with Gasteiger partial charge >= 0.3 is 6.18 Å². The molecule has 3 rings (SSSR count). The van der Waals surface area contributed by atoms with Gasteiger partial charge in [0.15, 0.2) is 5.69 Å². The fourth-order valence-corrected chi connectivity index (χ4v) is 3.48. The van der Waals surface area contributed by atoms with Gasteiger partial charge in [-0.3, -0.25) is 4.68 Å². The fraction of sp³-hybridized carbons (Fsp3) is 0.167. The number of hydrogen-bond donors (Lipinski definition) is 1. The summed E-state index contributed by atoms with van der Waals surface area (Å²) in [6.07, 6.45) is -4.61. The van der Waals surface area contributed by atoms with Gasteiger partial charge in [0.1, 0.15) is 5.69 Å². The van der Waals surface area contributed by atoms with Crippen molar-refractivity contribution in [3.05, 3.63) is 59.8 Å². The summed E-state index contributed by atoms with van der Waals surface area (Å²) in [6, 6.07) is 12.0. The Morgan fingerprint density at radius 1 is 1.04 bits per heavy atom. The first-order chi connectivity index (χ1) is 12.5. The van der Waals surface area contributed by atoms with Gasteiger partial charge in [-0.25, -0.2) is 13.6 Å². The summed E-state index contributed by atoms with van der Waals surface area (Å²) in [5, 5.41) is 9.15. The van der Waals surface area contributed by atoms with E-state index >= 15 is 0 Å². The Hall–Kier alpha value is -2.65. The van der Waals surface area contributed by atoms with Gasteiger partial charge in [0.25, 0.3) is 0 Å². The number of primary sulfonamides is 1. The highest BCUT2D eigenvalue weighted by molar-refractivity contribution is 7.89. The van der Waals surface area contributed by atoms with Crippen LogP contribution in [0, 0.1) is 6.92 Å². The van der Waals surface area contributed by atoms with E-state index in [2.05, 4.69) is 5.10 Å². The SMILES string of the molecule is Cc1ccccc1-c1c(-c2ccc(S(N)(=O)=O)cc2)nn(C)c1C(F)(F)F. The van der Waals surface area contributed by atoms with E-state index in [9.17, 15) is 21.6 Å². The van der Waals surface area contributed by atoms with Gasteiger partial charge in [0.05, 0.1) is 4.90 Å². The largest absolute Gasteiger partial charge is 0.433 e. The summed E-state index contributed by atoms with van der Waals surface area (Å²) < 4.78 is 64.8. The molecule has 0 aliphatic carbocycles. The number of nitrogens with zero attached hydrogens (tertiary/aromatic N) is 2. The number of hydrogen-bond acceptors (Lipinski definition) is 3. The molecule has 3 aromatic rings. The van der Waals surface area contributed by atoms with Gasteiger partial charge in [-0.1, -0.05) is 36.4 Å². The second-order valence-corrected chi connectivity index (χ2v) is 7.64. The summed E-state index contributed by atoms with van der Waals surface area (Å²) in [7, 11) is -2.67. The lowest BCUT2D eigenvalue weighted by Gasteiger charge is -2.13. The van der Waals surface area contributed by atoms with E-state index in [1.807, 2.05) is 0 Å². The van der Waals surface area contributed by atoms with Crippen LogP contribution in [0.4, 0.5) is 13.2 Å². The van der Waals surface area contributed by atoms with Crippen LogP contribution in [0.2, 0.25) is 0 Å². The van der Waals surface area contributed by atoms with Crippen LogP contribution in [0.1, 0.15) is 11.3 Å². The number of sulfonamides is 1. The molecule has 5 nitrogen and oxygen atoms in total. The van der Waals surface area contributed by atoms with Gasteiger partial charge < -0.3 is 0 Å². The second-order valence-electron chi connectivity index (χ2n) is 6.08. The molecule has 0 amide bonds. The fourth-order valence-electron chi connectivity index (χ4n) is 2.96. The van der Waals surface area contributed by atoms with Crippen molar-refractivity contribution in [1.82, 2.24) is 9.78 Å². The number of benzene rings is 2. The first-order valence-electron chi connectivity index (χ1n) is 7.83. The summed E-state index contributed by atoms with van der Waals surface area (Å²) in [6.45, 7) is 1.72. The maximum Gasteiger partial charge on any atom is 0.433 e. The van der Waals surface area contributed by atoms with E-state index in [0.717, 1.165) is 4.68 Å². The van der Waals surface area contributed by atoms with Crippen LogP contribution in [0.3, 0.4) is 0 Å². The average Bonchev–Trinajstić information content (AvgIpc) is 2.92. The Balaban J connectivity index is 2.30. The van der Waals surface area contributed by atoms with Crippen LogP contribution in [0.25, 0.3) is 22.4 Å². The van der Waals surface area contributed by atoms with Gasteiger partial charge in [-0.2, -0.15) is 18.3 Å². The smallest absolute Gasteiger partial charge is 0.262 e. The number of aryl methyl sites for hydroxylation is 2. The van der Waals surface area contributed by atoms with E-state index in [4.69, 9.17) is 5.14 Å². The molecular weight excluding hydrogens is 379 g/mol. The molecule has 0 unspecified atom stereocenters. The van der Waals surface area contributed by atoms with Crippen molar-refractivity contribution in [2.45, 2.75) is 18.0 Å². The Kier molecular flexibility index (Phi) is 4.61. The normalized spacial score (nSPS) is 12.4. The number of aromatic nitrogens is 2. The summed E-state index contributed by atoms with van der Waals surface area (Å²) >= 11 is 0. The summed E-state index contributed by atoms with van der Waals surface area (Å²) in [4.78, 5) is -0.129. The zero-order valence-corrected chi connectivity index (χ0v) is 15.3. The molecule has 2 N–H and O–H groups in total. The minimum absolute atomic E-state index is 0.0496. The minimum Gasteiger partial charge on any atom is -0.262 e. The molecule has 1 aromatic heterocycles. The van der Waals surface area contributed by atoms with E-state index in [-0.39, 0.29) is 16.2 Å². The lowest BCUT2D eigenvalue weighted by atomic mass is 9.95. The zero-order valence-electron chi connectivity index (χ0n) is 14.4. The van der Waals surface area contributed by atoms with Gasteiger partial charge in [0, 0.05) is 18.2 Å². The third-order valence-corrected chi connectivity index (χ3v) is 5.12. The first-order valence-corrected chi connectivity index (χ1v) is 9.38. The molecule has 0 aliphatic heterocycles. The lowest BCUT2D eigenvalue weighted by Crippen LogP contribution is -2.13. The van der Waals surface area contributed by atoms with Crippen LogP contribution >= 0.6 is 0 Å². The highest BCUT2D eigenvalue weighted by atomic mass is 32.2. The molecular formula is C18H16F3N3O2S. The van der Waals surface area contributed by atoms with E-state index in [0.29, 0.717) is 16.7 Å². The quantitative estimate of drug-likeness (QED) is 0.734. The van der Waals surface area contributed by atoms with Crippen molar-refractivity contribution in [1.29, 1.82) is 0 Å². The van der Waals surface area contributed by atoms with Crippen molar-refractivity contribution in [3.8, 4) is 22.4 Å². The molecule has 0 saturated heterocycles. The average molecular weight is 395 g/mol. The molecule has 0 fully saturated rings. The third-order valence-electron chi connectivity index (χ3n) is 4.19. The standard InChI is InChI=1S/C18H16F3N3O2S/c1-11-5-3-4-6-14(11)15-16(23-24(2)17(15)18(19,20)21)12-7-9-13(10-8-12)27(22,25)26/h3-10H,1-2H3,(H2,22,25,26). The van der Waals surface area contributed by atoms with Crippen molar-refractivity contribution >= 4 is 10.0 Å². The van der Waals surface area contributed by atoms with Crippen molar-refractivity contribution in [3.63, 3.8) is 0 Å². The van der Waals surface area contributed by atoms with E-state index < -0.39 is 21.9 Å². The van der Waals surface area contributed by atoms with Crippen LogP contribution in [0.15, 0.2) is 53.4 Å². The molecule has 2 aromatic carbocycles. The molecule has 0 saturated carbocycles. The molecule has 9 heteroatoms. The molecule has 27 heavy (non-hydrogen) atoms. The second kappa shape index (κ2) is 6.50. The van der Waals surface area contributed by atoms with Crippen LogP contribution in [-0.4, -0.2) is 18.2 Å². The predicted octanol–water partition coefficient (Wildman–Crippen LogP) is 3.73. The maximum absolute atomic E-state index is 13.7. The Morgan fingerprint density at radius 2 is 1.63 bits per heavy atom. The minimum atomic E-state index is -4.61. The number of alkyl halides is 3. The van der Waals surface area contributed by atoms with Crippen molar-refractivity contribution in [2.24, 2.45) is 12.2 Å². The maximum atomic E-state index is 13.7. The Morgan fingerprint density at radius 3 is 2.15 bits per heavy atom. The van der Waals surface area contributed by atoms with Crippen LogP contribution in [0.5, 0.6) is 0 Å². The topological polar surface area (TPSA) is 78.0 Å². The van der Waals surface area contributed by atoms with Gasteiger partial charge in [-0.05, 0) is 30.2 Å². The molecule has 1 heterocycles. The van der Waals surface area contributed by atoms with Crippen molar-refractivity contribution < 1.29 is 21.6 Å². The van der Waals surface area contributed by atoms with Gasteiger partial charge in [0.2, 0.25) is 10.0 Å². The van der Waals surface area contributed by atoms with Gasteiger partial charge in [-0.15, -0.1) is 0 Å². The number of nitrogens with two attached hydrogens (primary N) is 1. The lowest BCUT2D eigenvalue weighted by molar-refractivity contribution is -0.143. The van der Waals surface area contributed by atoms with Crippen LogP contribution < -0.4 is 5.14 Å². The molecule has 0 bridgehead atoms. The van der Waals surface area contributed by atoms with Crippen molar-refractivity contribution in [2.75, 3.05) is 0 Å². The molecule has 0 atom stereocenters. The molecule has 0 spiro atoms. The summed E-state index contributed by atoms with van der Waals surface area (Å²) in [5.74, 6) is 0. The van der Waals surface area contributed by atoms with E-state index in [1.54, 1.807) is 31.2 Å². The molecule has 142 valence electrons. The van der Waals surface area contributed by atoms with E-state index in [1.165, 1.54) is 31.3 Å². The first kappa shape index (κ1) is 19.1. The Labute approximate surface area is 154 Å². The highest BCUT2D eigenvalue weighted by Gasteiger charge is 2.40.